The molecule has 0 aromatic carbocycles. The normalized spacial score (nSPS) is 59.4. The van der Waals surface area contributed by atoms with Gasteiger partial charge in [0.05, 0.1) is 65.0 Å². The number of nitrogens with zero attached hydrogens (tertiary/aromatic N) is 2. The van der Waals surface area contributed by atoms with Crippen LogP contribution in [0, 0.1) is 74.9 Å². The lowest BCUT2D eigenvalue weighted by molar-refractivity contribution is -0.289. The molecule has 11 heteroatoms. The number of fused-ring (bicyclic) bond motifs is 16. The molecule has 0 amide bonds. The predicted octanol–water partition coefficient (Wildman–Crippen LogP) is 6.16. The van der Waals surface area contributed by atoms with Gasteiger partial charge in [0.25, 0.3) is 0 Å². The molecule has 12 aliphatic rings. The minimum Gasteiger partial charge on any atom is -0.393 e. The molecule has 1 aromatic rings. The Kier molecular flexibility index (Phi) is 8.51. The van der Waals surface area contributed by atoms with E-state index in [1.54, 1.807) is 6.92 Å². The van der Waals surface area contributed by atoms with Crippen molar-refractivity contribution in [3.05, 3.63) is 34.4 Å². The zero-order valence-electron chi connectivity index (χ0n) is 39.7. The van der Waals surface area contributed by atoms with Crippen LogP contribution in [0.25, 0.3) is 0 Å². The number of hydrogen-bond acceptors (Lipinski definition) is 11. The fourth-order valence-corrected chi connectivity index (χ4v) is 19.3. The first-order chi connectivity index (χ1) is 30.0. The van der Waals surface area contributed by atoms with Crippen molar-refractivity contribution in [3.63, 3.8) is 0 Å². The third-order valence-electron chi connectivity index (χ3n) is 23.2. The van der Waals surface area contributed by atoms with Crippen molar-refractivity contribution in [3.8, 4) is 0 Å². The monoisotopic (exact) mass is 885 g/mol. The van der Waals surface area contributed by atoms with Gasteiger partial charge in [0, 0.05) is 41.9 Å². The van der Waals surface area contributed by atoms with Crippen LogP contribution in [-0.4, -0.2) is 101 Å². The number of aliphatic hydroxyl groups excluding tert-OH is 3. The van der Waals surface area contributed by atoms with Gasteiger partial charge in [-0.05, 0) is 150 Å². The molecule has 9 fully saturated rings. The molecule has 22 atom stereocenters. The Morgan fingerprint density at radius 2 is 1.38 bits per heavy atom. The van der Waals surface area contributed by atoms with E-state index >= 15 is 0 Å². The fourth-order valence-electron chi connectivity index (χ4n) is 19.3. The van der Waals surface area contributed by atoms with Crippen LogP contribution >= 0.6 is 0 Å². The highest BCUT2D eigenvalue weighted by Crippen LogP contribution is 2.73. The molecule has 64 heavy (non-hydrogen) atoms. The molecule has 5 saturated carbocycles. The number of rotatable bonds is 0. The van der Waals surface area contributed by atoms with Gasteiger partial charge in [-0.2, -0.15) is 0 Å². The lowest BCUT2D eigenvalue weighted by Gasteiger charge is -2.62. The highest BCUT2D eigenvalue weighted by molar-refractivity contribution is 5.43. The standard InChI is InChI=1S/C53H76N2O9/c1-26-52(14-12-46(4,59)25-61-52)63-43-21-33-44-32(20-42(58)50(33,8)53(26,43)60)48(6)24-38-36(16-28(48)17-39(44)56)55-37-23-47(5)27(15-35(37)54-38)9-10-29-30(47)19-41(57)49(7)31(29)18-40-34(49)22-51(62-40)13-11-45(2,3)64-51/h21,26-32,34,39-44,56-60H,9-20,22-25H2,1-8H3/t26-,27+,28-,29-,30+,31-,32+,34+,39+,40+,41-,42-,43+,44-,46+,47+,48+,49+,50-,51-,52-,53-/m1/s1. The van der Waals surface area contributed by atoms with Gasteiger partial charge in [0.15, 0.2) is 11.6 Å². The molecule has 4 saturated heterocycles. The topological polar surface area (TPSA) is 164 Å². The summed E-state index contributed by atoms with van der Waals surface area (Å²) >= 11 is 0. The van der Waals surface area contributed by atoms with Crippen LogP contribution < -0.4 is 0 Å². The third kappa shape index (κ3) is 5.11. The molecular weight excluding hydrogens is 809 g/mol. The maximum atomic E-state index is 12.9. The molecule has 11 nitrogen and oxygen atoms in total. The maximum Gasteiger partial charge on any atom is 0.174 e. The zero-order chi connectivity index (χ0) is 44.7. The Balaban J connectivity index is 0.764. The van der Waals surface area contributed by atoms with E-state index in [1.807, 2.05) is 19.9 Å². The maximum absolute atomic E-state index is 12.9. The second kappa shape index (κ2) is 12.8. The van der Waals surface area contributed by atoms with Gasteiger partial charge < -0.3 is 44.5 Å². The van der Waals surface area contributed by atoms with Crippen LogP contribution in [0.1, 0.15) is 149 Å². The van der Waals surface area contributed by atoms with Gasteiger partial charge in [-0.3, -0.25) is 9.97 Å². The summed E-state index contributed by atoms with van der Waals surface area (Å²) < 4.78 is 26.6. The minimum absolute atomic E-state index is 0.000139. The van der Waals surface area contributed by atoms with E-state index in [-0.39, 0.29) is 58.4 Å². The molecule has 0 unspecified atom stereocenters. The summed E-state index contributed by atoms with van der Waals surface area (Å²) in [5, 5.41) is 60.7. The molecule has 2 spiro atoms. The van der Waals surface area contributed by atoms with Crippen LogP contribution in [0.4, 0.5) is 0 Å². The first-order valence-electron chi connectivity index (χ1n) is 25.8. The Hall–Kier alpha value is -1.54. The molecule has 4 aliphatic heterocycles. The first-order valence-corrected chi connectivity index (χ1v) is 25.8. The summed E-state index contributed by atoms with van der Waals surface area (Å²) in [6, 6.07) is 0. The third-order valence-corrected chi connectivity index (χ3v) is 23.2. The average Bonchev–Trinajstić information content (AvgIpc) is 3.94. The molecule has 0 bridgehead atoms. The number of aliphatic hydroxyl groups is 5. The van der Waals surface area contributed by atoms with Gasteiger partial charge in [-0.1, -0.05) is 46.3 Å². The van der Waals surface area contributed by atoms with Gasteiger partial charge in [-0.25, -0.2) is 0 Å². The largest absolute Gasteiger partial charge is 0.393 e. The van der Waals surface area contributed by atoms with Gasteiger partial charge in [-0.15, -0.1) is 0 Å². The lowest BCUT2D eigenvalue weighted by Crippen LogP contribution is -2.66. The van der Waals surface area contributed by atoms with Gasteiger partial charge in [0.2, 0.25) is 0 Å². The average molecular weight is 885 g/mol. The van der Waals surface area contributed by atoms with E-state index in [0.717, 1.165) is 80.4 Å². The van der Waals surface area contributed by atoms with Crippen LogP contribution in [0.2, 0.25) is 0 Å². The lowest BCUT2D eigenvalue weighted by atomic mass is 9.43. The molecule has 13 rings (SSSR count). The molecule has 1 aromatic heterocycles. The van der Waals surface area contributed by atoms with E-state index in [1.165, 1.54) is 18.5 Å². The van der Waals surface area contributed by atoms with Crippen molar-refractivity contribution < 1.29 is 44.5 Å². The molecular formula is C53H76N2O9. The number of ether oxygens (including phenoxy) is 4. The zero-order valence-corrected chi connectivity index (χ0v) is 39.7. The van der Waals surface area contributed by atoms with Crippen molar-refractivity contribution in [2.24, 2.45) is 74.9 Å². The van der Waals surface area contributed by atoms with Crippen molar-refractivity contribution in [1.29, 1.82) is 0 Å². The minimum atomic E-state index is -1.42. The highest BCUT2D eigenvalue weighted by Gasteiger charge is 2.77. The summed E-state index contributed by atoms with van der Waals surface area (Å²) in [7, 11) is 0. The molecule has 8 aliphatic carbocycles. The number of hydrogen-bond donors (Lipinski definition) is 5. The van der Waals surface area contributed by atoms with Crippen LogP contribution in [0.3, 0.4) is 0 Å². The SMILES string of the molecule is C[C@@H]1[C@@]2(CC[C@](C)(O)CO2)O[C@H]2C=C3[C@@H]4[C@@H](O)C[C@H]5Cc6nc7c(nc6C[C@]5(C)[C@H]4C[C@@H](O)[C@]3(C)[C@]21O)C[C@@H]1CC[C@H]2[C@H]3C[C@@H]4O[C@@]5(CCC(C)(C)O5)C[C@@H]4[C@@]3(C)[C@H](O)C[C@@H]2[C@@]1(C)C7. The van der Waals surface area contributed by atoms with Crippen molar-refractivity contribution in [1.82, 2.24) is 9.97 Å². The van der Waals surface area contributed by atoms with E-state index in [9.17, 15) is 25.5 Å². The van der Waals surface area contributed by atoms with E-state index in [0.29, 0.717) is 55.3 Å². The van der Waals surface area contributed by atoms with Crippen LogP contribution in [-0.2, 0) is 44.6 Å². The quantitative estimate of drug-likeness (QED) is 0.190. The Labute approximate surface area is 379 Å². The van der Waals surface area contributed by atoms with E-state index in [2.05, 4.69) is 34.6 Å². The van der Waals surface area contributed by atoms with E-state index in [4.69, 9.17) is 28.9 Å². The Morgan fingerprint density at radius 1 is 0.688 bits per heavy atom. The summed E-state index contributed by atoms with van der Waals surface area (Å²) in [5.74, 6) is 0.300. The first kappa shape index (κ1) is 42.6. The van der Waals surface area contributed by atoms with Crippen molar-refractivity contribution in [2.75, 3.05) is 6.61 Å². The highest BCUT2D eigenvalue weighted by atomic mass is 16.7. The Bertz CT molecular complexity index is 2200. The number of aromatic nitrogens is 2. The van der Waals surface area contributed by atoms with E-state index < -0.39 is 52.4 Å². The van der Waals surface area contributed by atoms with Gasteiger partial charge >= 0.3 is 0 Å². The summed E-state index contributed by atoms with van der Waals surface area (Å²) in [4.78, 5) is 11.2. The molecule has 5 heterocycles. The Morgan fingerprint density at radius 3 is 2.05 bits per heavy atom. The molecule has 0 radical (unpaired) electrons. The molecule has 352 valence electrons. The second-order valence-corrected chi connectivity index (χ2v) is 26.4. The smallest absolute Gasteiger partial charge is 0.174 e. The summed E-state index contributed by atoms with van der Waals surface area (Å²) in [6.07, 6.45) is 12.3. The van der Waals surface area contributed by atoms with Crippen molar-refractivity contribution >= 4 is 0 Å². The summed E-state index contributed by atoms with van der Waals surface area (Å²) in [6.45, 7) is 17.6. The van der Waals surface area contributed by atoms with Crippen LogP contribution in [0.5, 0.6) is 0 Å². The predicted molar refractivity (Wildman–Crippen MR) is 235 cm³/mol. The molecule has 5 N–H and O–H groups in total. The summed E-state index contributed by atoms with van der Waals surface area (Å²) in [5.41, 5.74) is 1.59. The fraction of sp³-hybridized carbons (Fsp3) is 0.887. The van der Waals surface area contributed by atoms with Crippen molar-refractivity contribution in [2.45, 2.75) is 211 Å². The second-order valence-electron chi connectivity index (χ2n) is 26.4. The van der Waals surface area contributed by atoms with Crippen LogP contribution in [0.15, 0.2) is 11.6 Å². The van der Waals surface area contributed by atoms with Gasteiger partial charge in [0.1, 0.15) is 11.7 Å².